The van der Waals surface area contributed by atoms with E-state index < -0.39 is 0 Å². The van der Waals surface area contributed by atoms with E-state index in [-0.39, 0.29) is 11.7 Å². The fourth-order valence-corrected chi connectivity index (χ4v) is 3.04. The van der Waals surface area contributed by atoms with Crippen molar-refractivity contribution in [1.29, 1.82) is 0 Å². The van der Waals surface area contributed by atoms with Gasteiger partial charge in [-0.1, -0.05) is 25.5 Å². The van der Waals surface area contributed by atoms with Gasteiger partial charge in [0.15, 0.2) is 0 Å². The number of halogens is 1. The number of benzene rings is 1. The molecule has 21 heavy (non-hydrogen) atoms. The summed E-state index contributed by atoms with van der Waals surface area (Å²) in [6.07, 6.45) is 2.34. The molecule has 112 valence electrons. The molecule has 0 fully saturated rings. The molecule has 0 aliphatic carbocycles. The first-order valence-electron chi connectivity index (χ1n) is 7.09. The summed E-state index contributed by atoms with van der Waals surface area (Å²) in [5.74, 6) is -0.291. The van der Waals surface area contributed by atoms with E-state index in [0.717, 1.165) is 23.4 Å². The van der Waals surface area contributed by atoms with Gasteiger partial charge in [-0.2, -0.15) is 0 Å². The zero-order valence-electron chi connectivity index (χ0n) is 12.3. The summed E-state index contributed by atoms with van der Waals surface area (Å²) < 4.78 is 13.8. The van der Waals surface area contributed by atoms with Gasteiger partial charge in [0.25, 0.3) is 0 Å². The molecule has 0 saturated heterocycles. The summed E-state index contributed by atoms with van der Waals surface area (Å²) in [5, 5.41) is 3.51. The van der Waals surface area contributed by atoms with Crippen LogP contribution in [0, 0.1) is 12.7 Å². The van der Waals surface area contributed by atoms with E-state index >= 15 is 0 Å². The van der Waals surface area contributed by atoms with Crippen LogP contribution in [0.1, 0.15) is 30.3 Å². The lowest BCUT2D eigenvalue weighted by Crippen LogP contribution is -2.25. The monoisotopic (exact) mass is 306 g/mol. The average Bonchev–Trinajstić information content (AvgIpc) is 2.80. The minimum Gasteiger partial charge on any atom is -0.356 e. The zero-order chi connectivity index (χ0) is 15.2. The van der Waals surface area contributed by atoms with Gasteiger partial charge in [-0.3, -0.25) is 4.79 Å². The lowest BCUT2D eigenvalue weighted by molar-refractivity contribution is -0.120. The van der Waals surface area contributed by atoms with E-state index in [9.17, 15) is 9.18 Å². The SMILES string of the molecule is CCCCNC(=O)Cc1sc(-c2ccccc2F)nc1C. The predicted molar refractivity (Wildman–Crippen MR) is 83.9 cm³/mol. The van der Waals surface area contributed by atoms with E-state index in [0.29, 0.717) is 23.5 Å². The van der Waals surface area contributed by atoms with E-state index in [1.54, 1.807) is 18.2 Å². The number of carbonyl (C=O) groups is 1. The average molecular weight is 306 g/mol. The zero-order valence-corrected chi connectivity index (χ0v) is 13.1. The van der Waals surface area contributed by atoms with Crippen LogP contribution in [0.4, 0.5) is 4.39 Å². The molecule has 2 aromatic rings. The van der Waals surface area contributed by atoms with Gasteiger partial charge in [-0.15, -0.1) is 11.3 Å². The highest BCUT2D eigenvalue weighted by Gasteiger charge is 2.14. The lowest BCUT2D eigenvalue weighted by Gasteiger charge is -2.02. The third-order valence-electron chi connectivity index (χ3n) is 3.17. The predicted octanol–water partition coefficient (Wildman–Crippen LogP) is 3.72. The molecule has 0 aliphatic rings. The van der Waals surface area contributed by atoms with Crippen LogP contribution in [0.2, 0.25) is 0 Å². The van der Waals surface area contributed by atoms with Crippen LogP contribution in [0.15, 0.2) is 24.3 Å². The van der Waals surface area contributed by atoms with Crippen molar-refractivity contribution in [3.63, 3.8) is 0 Å². The molecule has 0 unspecified atom stereocenters. The Bertz CT molecular complexity index is 624. The first-order chi connectivity index (χ1) is 10.1. The van der Waals surface area contributed by atoms with Crippen molar-refractivity contribution in [2.45, 2.75) is 33.1 Å². The topological polar surface area (TPSA) is 42.0 Å². The molecule has 3 nitrogen and oxygen atoms in total. The van der Waals surface area contributed by atoms with E-state index in [2.05, 4.69) is 17.2 Å². The molecule has 0 bridgehead atoms. The molecule has 2 rings (SSSR count). The summed E-state index contributed by atoms with van der Waals surface area (Å²) >= 11 is 1.38. The van der Waals surface area contributed by atoms with Gasteiger partial charge in [0, 0.05) is 17.0 Å². The lowest BCUT2D eigenvalue weighted by atomic mass is 10.2. The number of hydrogen-bond acceptors (Lipinski definition) is 3. The molecule has 1 aromatic carbocycles. The number of nitrogens with one attached hydrogen (secondary N) is 1. The largest absolute Gasteiger partial charge is 0.356 e. The number of hydrogen-bond donors (Lipinski definition) is 1. The van der Waals surface area contributed by atoms with Gasteiger partial charge in [-0.05, 0) is 25.5 Å². The molecule has 0 spiro atoms. The number of nitrogens with zero attached hydrogens (tertiary/aromatic N) is 1. The standard InChI is InChI=1S/C16H19FN2OS/c1-3-4-9-18-15(20)10-14-11(2)19-16(21-14)12-7-5-6-8-13(12)17/h5-8H,3-4,9-10H2,1-2H3,(H,18,20). The molecule has 1 heterocycles. The van der Waals surface area contributed by atoms with Crippen molar-refractivity contribution in [2.75, 3.05) is 6.54 Å². The molecule has 0 radical (unpaired) electrons. The van der Waals surface area contributed by atoms with Crippen molar-refractivity contribution < 1.29 is 9.18 Å². The summed E-state index contributed by atoms with van der Waals surface area (Å²) in [6, 6.07) is 6.57. The van der Waals surface area contributed by atoms with Crippen molar-refractivity contribution in [3.8, 4) is 10.6 Å². The van der Waals surface area contributed by atoms with Gasteiger partial charge in [0.05, 0.1) is 12.1 Å². The number of carbonyl (C=O) groups excluding carboxylic acids is 1. The Kier molecular flexibility index (Phi) is 5.44. The minimum absolute atomic E-state index is 0.00437. The normalized spacial score (nSPS) is 10.6. The first-order valence-corrected chi connectivity index (χ1v) is 7.91. The number of thiazole rings is 1. The van der Waals surface area contributed by atoms with Crippen LogP contribution in [-0.4, -0.2) is 17.4 Å². The molecule has 5 heteroatoms. The molecule has 0 atom stereocenters. The maximum Gasteiger partial charge on any atom is 0.225 e. The maximum absolute atomic E-state index is 13.8. The first kappa shape index (κ1) is 15.6. The van der Waals surface area contributed by atoms with Crippen molar-refractivity contribution in [1.82, 2.24) is 10.3 Å². The van der Waals surface area contributed by atoms with Crippen molar-refractivity contribution in [3.05, 3.63) is 40.7 Å². The number of rotatable bonds is 6. The smallest absolute Gasteiger partial charge is 0.225 e. The summed E-state index contributed by atoms with van der Waals surface area (Å²) in [5.41, 5.74) is 1.28. The van der Waals surface area contributed by atoms with Crippen molar-refractivity contribution in [2.24, 2.45) is 0 Å². The highest BCUT2D eigenvalue weighted by atomic mass is 32.1. The quantitative estimate of drug-likeness (QED) is 0.827. The van der Waals surface area contributed by atoms with Gasteiger partial charge in [0.1, 0.15) is 10.8 Å². The molecular weight excluding hydrogens is 287 g/mol. The number of aromatic nitrogens is 1. The van der Waals surface area contributed by atoms with E-state index in [1.807, 2.05) is 6.92 Å². The van der Waals surface area contributed by atoms with Crippen LogP contribution in [0.5, 0.6) is 0 Å². The summed E-state index contributed by atoms with van der Waals surface area (Å²) in [4.78, 5) is 17.1. The van der Waals surface area contributed by atoms with Crippen LogP contribution >= 0.6 is 11.3 Å². The fraction of sp³-hybridized carbons (Fsp3) is 0.375. The maximum atomic E-state index is 13.8. The van der Waals surface area contributed by atoms with Gasteiger partial charge >= 0.3 is 0 Å². The highest BCUT2D eigenvalue weighted by molar-refractivity contribution is 7.15. The molecule has 0 aliphatic heterocycles. The second kappa shape index (κ2) is 7.31. The Morgan fingerprint density at radius 1 is 1.38 bits per heavy atom. The van der Waals surface area contributed by atoms with Gasteiger partial charge in [0.2, 0.25) is 5.91 Å². The van der Waals surface area contributed by atoms with Crippen LogP contribution in [0.25, 0.3) is 10.6 Å². The molecule has 1 amide bonds. The van der Waals surface area contributed by atoms with Gasteiger partial charge in [-0.25, -0.2) is 9.37 Å². The van der Waals surface area contributed by atoms with E-state index in [1.165, 1.54) is 17.4 Å². The second-order valence-electron chi connectivity index (χ2n) is 4.89. The van der Waals surface area contributed by atoms with Crippen LogP contribution < -0.4 is 5.32 Å². The molecule has 0 saturated carbocycles. The number of amides is 1. The molecule has 1 N–H and O–H groups in total. The molecule has 1 aromatic heterocycles. The number of aryl methyl sites for hydroxylation is 1. The Labute approximate surface area is 128 Å². The highest BCUT2D eigenvalue weighted by Crippen LogP contribution is 2.29. The second-order valence-corrected chi connectivity index (χ2v) is 5.97. The summed E-state index contributed by atoms with van der Waals surface area (Å²) in [6.45, 7) is 4.64. The van der Waals surface area contributed by atoms with Crippen LogP contribution in [0.3, 0.4) is 0 Å². The third kappa shape index (κ3) is 4.11. The molecular formula is C16H19FN2OS. The Balaban J connectivity index is 2.09. The fourth-order valence-electron chi connectivity index (χ4n) is 1.95. The minimum atomic E-state index is -0.287. The Morgan fingerprint density at radius 2 is 2.14 bits per heavy atom. The Morgan fingerprint density at radius 3 is 2.86 bits per heavy atom. The number of unbranched alkanes of at least 4 members (excludes halogenated alkanes) is 1. The van der Waals surface area contributed by atoms with Crippen molar-refractivity contribution >= 4 is 17.2 Å². The summed E-state index contributed by atoms with van der Waals surface area (Å²) in [7, 11) is 0. The Hall–Kier alpha value is -1.75. The van der Waals surface area contributed by atoms with E-state index in [4.69, 9.17) is 0 Å². The third-order valence-corrected chi connectivity index (χ3v) is 4.36. The van der Waals surface area contributed by atoms with Crippen LogP contribution in [-0.2, 0) is 11.2 Å². The van der Waals surface area contributed by atoms with Gasteiger partial charge < -0.3 is 5.32 Å².